The van der Waals surface area contributed by atoms with Crippen LogP contribution in [0.25, 0.3) is 0 Å². The molecule has 1 aromatic heterocycles. The summed E-state index contributed by atoms with van der Waals surface area (Å²) in [6, 6.07) is 1.78. The Morgan fingerprint density at radius 2 is 2.38 bits per heavy atom. The summed E-state index contributed by atoms with van der Waals surface area (Å²) < 4.78 is 5.50. The first-order chi connectivity index (χ1) is 6.24. The maximum Gasteiger partial charge on any atom is 0.126 e. The summed E-state index contributed by atoms with van der Waals surface area (Å²) in [5, 5.41) is 0. The van der Waals surface area contributed by atoms with Crippen molar-refractivity contribution in [2.45, 2.75) is 26.4 Å². The van der Waals surface area contributed by atoms with Crippen LogP contribution in [0.4, 0.5) is 0 Å². The molecule has 0 fully saturated rings. The number of aldehydes is 1. The van der Waals surface area contributed by atoms with Gasteiger partial charge in [0, 0.05) is 24.4 Å². The van der Waals surface area contributed by atoms with Gasteiger partial charge in [-0.05, 0) is 19.9 Å². The van der Waals surface area contributed by atoms with E-state index in [1.807, 2.05) is 13.8 Å². The van der Waals surface area contributed by atoms with Gasteiger partial charge >= 0.3 is 0 Å². The Hall–Kier alpha value is -1.38. The maximum absolute atomic E-state index is 10.3. The van der Waals surface area contributed by atoms with Gasteiger partial charge in [0.15, 0.2) is 0 Å². The number of nitrogens with zero attached hydrogens (tertiary/aromatic N) is 1. The number of pyridine rings is 1. The zero-order chi connectivity index (χ0) is 9.68. The fourth-order valence-electron chi connectivity index (χ4n) is 1.03. The molecule has 70 valence electrons. The zero-order valence-electron chi connectivity index (χ0n) is 7.86. The molecule has 0 spiro atoms. The van der Waals surface area contributed by atoms with E-state index >= 15 is 0 Å². The van der Waals surface area contributed by atoms with Gasteiger partial charge in [0.2, 0.25) is 0 Å². The highest BCUT2D eigenvalue weighted by Crippen LogP contribution is 2.17. The molecule has 1 aromatic rings. The van der Waals surface area contributed by atoms with Crippen LogP contribution in [0.15, 0.2) is 18.5 Å². The second-order valence-corrected chi connectivity index (χ2v) is 3.02. The number of hydrogen-bond acceptors (Lipinski definition) is 3. The van der Waals surface area contributed by atoms with E-state index in [0.717, 1.165) is 17.6 Å². The minimum atomic E-state index is 0.118. The lowest BCUT2D eigenvalue weighted by Gasteiger charge is -2.11. The zero-order valence-corrected chi connectivity index (χ0v) is 7.86. The predicted octanol–water partition coefficient (Wildman–Crippen LogP) is 1.61. The van der Waals surface area contributed by atoms with Crippen molar-refractivity contribution in [3.05, 3.63) is 24.0 Å². The van der Waals surface area contributed by atoms with Crippen molar-refractivity contribution in [3.63, 3.8) is 0 Å². The molecule has 0 N–H and O–H groups in total. The SMILES string of the molecule is CC(C)Oc1ccncc1CC=O. The van der Waals surface area contributed by atoms with E-state index in [1.54, 1.807) is 18.5 Å². The van der Waals surface area contributed by atoms with Gasteiger partial charge < -0.3 is 9.53 Å². The minimum absolute atomic E-state index is 0.118. The summed E-state index contributed by atoms with van der Waals surface area (Å²) in [7, 11) is 0. The first kappa shape index (κ1) is 9.71. The second-order valence-electron chi connectivity index (χ2n) is 3.02. The lowest BCUT2D eigenvalue weighted by atomic mass is 10.2. The second kappa shape index (κ2) is 4.60. The third kappa shape index (κ3) is 2.86. The molecule has 3 nitrogen and oxygen atoms in total. The van der Waals surface area contributed by atoms with E-state index in [1.165, 1.54) is 0 Å². The van der Waals surface area contributed by atoms with Crippen LogP contribution in [0.3, 0.4) is 0 Å². The summed E-state index contributed by atoms with van der Waals surface area (Å²) >= 11 is 0. The van der Waals surface area contributed by atoms with Gasteiger partial charge in [-0.25, -0.2) is 0 Å². The molecule has 0 radical (unpaired) electrons. The highest BCUT2D eigenvalue weighted by Gasteiger charge is 2.03. The Labute approximate surface area is 77.8 Å². The predicted molar refractivity (Wildman–Crippen MR) is 49.8 cm³/mol. The molecule has 0 amide bonds. The van der Waals surface area contributed by atoms with Gasteiger partial charge in [-0.3, -0.25) is 4.98 Å². The van der Waals surface area contributed by atoms with E-state index in [0.29, 0.717) is 6.42 Å². The molecule has 0 aromatic carbocycles. The van der Waals surface area contributed by atoms with E-state index < -0.39 is 0 Å². The van der Waals surface area contributed by atoms with Crippen LogP contribution in [0.5, 0.6) is 5.75 Å². The monoisotopic (exact) mass is 179 g/mol. The van der Waals surface area contributed by atoms with Crippen LogP contribution in [0, 0.1) is 0 Å². The third-order valence-corrected chi connectivity index (χ3v) is 1.52. The molecule has 0 aliphatic carbocycles. The number of carbonyl (C=O) groups is 1. The summed E-state index contributed by atoms with van der Waals surface area (Å²) in [4.78, 5) is 14.3. The van der Waals surface area contributed by atoms with Crippen molar-refractivity contribution < 1.29 is 9.53 Å². The number of aromatic nitrogens is 1. The van der Waals surface area contributed by atoms with Gasteiger partial charge in [-0.1, -0.05) is 0 Å². The molecule has 0 aliphatic heterocycles. The van der Waals surface area contributed by atoms with Gasteiger partial charge in [0.1, 0.15) is 12.0 Å². The first-order valence-corrected chi connectivity index (χ1v) is 4.27. The Morgan fingerprint density at radius 1 is 1.62 bits per heavy atom. The van der Waals surface area contributed by atoms with E-state index in [9.17, 15) is 4.79 Å². The van der Waals surface area contributed by atoms with Crippen LogP contribution < -0.4 is 4.74 Å². The van der Waals surface area contributed by atoms with Crippen molar-refractivity contribution in [3.8, 4) is 5.75 Å². The smallest absolute Gasteiger partial charge is 0.126 e. The van der Waals surface area contributed by atoms with Crippen LogP contribution in [-0.2, 0) is 11.2 Å². The van der Waals surface area contributed by atoms with Crippen molar-refractivity contribution in [1.82, 2.24) is 4.98 Å². The molecular weight excluding hydrogens is 166 g/mol. The summed E-state index contributed by atoms with van der Waals surface area (Å²) in [6.07, 6.45) is 4.64. The van der Waals surface area contributed by atoms with E-state index in [-0.39, 0.29) is 6.10 Å². The summed E-state index contributed by atoms with van der Waals surface area (Å²) in [6.45, 7) is 3.90. The molecule has 0 saturated carbocycles. The van der Waals surface area contributed by atoms with Gasteiger partial charge in [0.25, 0.3) is 0 Å². The maximum atomic E-state index is 10.3. The fourth-order valence-corrected chi connectivity index (χ4v) is 1.03. The van der Waals surface area contributed by atoms with Gasteiger partial charge in [-0.2, -0.15) is 0 Å². The standard InChI is InChI=1S/C10H13NO2/c1-8(2)13-10-3-5-11-7-9(10)4-6-12/h3,5-8H,4H2,1-2H3. The van der Waals surface area contributed by atoms with Crippen molar-refractivity contribution in [1.29, 1.82) is 0 Å². The van der Waals surface area contributed by atoms with Crippen LogP contribution in [-0.4, -0.2) is 17.4 Å². The highest BCUT2D eigenvalue weighted by atomic mass is 16.5. The molecule has 0 unspecified atom stereocenters. The van der Waals surface area contributed by atoms with Crippen LogP contribution >= 0.6 is 0 Å². The molecule has 0 saturated heterocycles. The molecule has 13 heavy (non-hydrogen) atoms. The molecule has 0 aliphatic rings. The number of rotatable bonds is 4. The van der Waals surface area contributed by atoms with Crippen molar-refractivity contribution in [2.75, 3.05) is 0 Å². The Bertz CT molecular complexity index is 284. The lowest BCUT2D eigenvalue weighted by molar-refractivity contribution is -0.107. The molecular formula is C10H13NO2. The molecule has 0 bridgehead atoms. The topological polar surface area (TPSA) is 39.2 Å². The van der Waals surface area contributed by atoms with E-state index in [2.05, 4.69) is 4.98 Å². The highest BCUT2D eigenvalue weighted by molar-refractivity contribution is 5.56. The van der Waals surface area contributed by atoms with Gasteiger partial charge in [-0.15, -0.1) is 0 Å². The van der Waals surface area contributed by atoms with Crippen molar-refractivity contribution >= 4 is 6.29 Å². The molecule has 1 rings (SSSR count). The normalized spacial score (nSPS) is 10.1. The van der Waals surface area contributed by atoms with Crippen LogP contribution in [0.2, 0.25) is 0 Å². The fraction of sp³-hybridized carbons (Fsp3) is 0.400. The summed E-state index contributed by atoms with van der Waals surface area (Å²) in [5.41, 5.74) is 0.839. The quantitative estimate of drug-likeness (QED) is 0.659. The van der Waals surface area contributed by atoms with E-state index in [4.69, 9.17) is 4.74 Å². The molecule has 1 heterocycles. The molecule has 0 atom stereocenters. The number of hydrogen-bond donors (Lipinski definition) is 0. The van der Waals surface area contributed by atoms with Crippen molar-refractivity contribution in [2.24, 2.45) is 0 Å². The average Bonchev–Trinajstić information content (AvgIpc) is 2.08. The largest absolute Gasteiger partial charge is 0.491 e. The third-order valence-electron chi connectivity index (χ3n) is 1.52. The van der Waals surface area contributed by atoms with Gasteiger partial charge in [0.05, 0.1) is 6.10 Å². The Balaban J connectivity index is 2.83. The lowest BCUT2D eigenvalue weighted by Crippen LogP contribution is -2.07. The Morgan fingerprint density at radius 3 is 3.00 bits per heavy atom. The summed E-state index contributed by atoms with van der Waals surface area (Å²) in [5.74, 6) is 0.747. The average molecular weight is 179 g/mol. The Kier molecular flexibility index (Phi) is 3.43. The molecule has 3 heteroatoms. The minimum Gasteiger partial charge on any atom is -0.491 e. The number of ether oxygens (including phenoxy) is 1. The first-order valence-electron chi connectivity index (χ1n) is 4.27. The number of carbonyl (C=O) groups excluding carboxylic acids is 1. The van der Waals surface area contributed by atoms with Crippen LogP contribution in [0.1, 0.15) is 19.4 Å².